The summed E-state index contributed by atoms with van der Waals surface area (Å²) in [6.45, 7) is -0.675. The van der Waals surface area contributed by atoms with Gasteiger partial charge in [0.1, 0.15) is 0 Å². The smallest absolute Gasteiger partial charge is 0.392 e. The highest BCUT2D eigenvalue weighted by atomic mass is 19.4. The van der Waals surface area contributed by atoms with Crippen molar-refractivity contribution in [3.8, 4) is 0 Å². The molecule has 0 aliphatic heterocycles. The van der Waals surface area contributed by atoms with Gasteiger partial charge in [0.2, 0.25) is 5.91 Å². The van der Waals surface area contributed by atoms with Gasteiger partial charge >= 0.3 is 12.4 Å². The van der Waals surface area contributed by atoms with E-state index in [1.54, 1.807) is 24.3 Å². The largest absolute Gasteiger partial charge is 0.416 e. The predicted octanol–water partition coefficient (Wildman–Crippen LogP) is 5.47. The van der Waals surface area contributed by atoms with E-state index in [9.17, 15) is 36.2 Å². The molecule has 1 amide bonds. The van der Waals surface area contributed by atoms with Gasteiger partial charge in [-0.15, -0.1) is 0 Å². The lowest BCUT2D eigenvalue weighted by molar-refractivity contribution is -0.143. The number of aromatic nitrogens is 1. The molecule has 1 aromatic heterocycles. The van der Waals surface area contributed by atoms with E-state index in [0.717, 1.165) is 0 Å². The van der Waals surface area contributed by atoms with Crippen LogP contribution < -0.4 is 5.73 Å². The molecule has 0 aliphatic rings. The molecular formula is C23H16F6N2O2. The Morgan fingerprint density at radius 1 is 0.848 bits per heavy atom. The molecule has 0 saturated heterocycles. The quantitative estimate of drug-likeness (QED) is 0.392. The van der Waals surface area contributed by atoms with Gasteiger partial charge in [-0.2, -0.15) is 26.3 Å². The number of amides is 1. The second kappa shape index (κ2) is 7.80. The number of hydrogen-bond donors (Lipinski definition) is 2. The molecule has 3 aromatic carbocycles. The summed E-state index contributed by atoms with van der Waals surface area (Å²) in [7, 11) is 0. The number of carbonyl (C=O) groups excluding carboxylic acids is 1. The van der Waals surface area contributed by atoms with Crippen LogP contribution >= 0.6 is 0 Å². The maximum atomic E-state index is 13.3. The number of fused-ring (bicyclic) bond motifs is 3. The number of hydrogen-bond acceptors (Lipinski definition) is 2. The Bertz CT molecular complexity index is 1350. The van der Waals surface area contributed by atoms with Crippen molar-refractivity contribution in [3.05, 3.63) is 82.4 Å². The summed E-state index contributed by atoms with van der Waals surface area (Å²) in [5.74, 6) is -0.732. The zero-order valence-electron chi connectivity index (χ0n) is 16.8. The highest BCUT2D eigenvalue weighted by molar-refractivity contribution is 6.18. The molecule has 0 aliphatic carbocycles. The van der Waals surface area contributed by atoms with Crippen molar-refractivity contribution in [2.24, 2.45) is 5.73 Å². The summed E-state index contributed by atoms with van der Waals surface area (Å²) < 4.78 is 81.4. The Hall–Kier alpha value is -3.53. The van der Waals surface area contributed by atoms with E-state index < -0.39 is 29.4 Å². The third-order valence-electron chi connectivity index (χ3n) is 5.39. The first kappa shape index (κ1) is 22.7. The van der Waals surface area contributed by atoms with Crippen LogP contribution in [0.4, 0.5) is 26.3 Å². The van der Waals surface area contributed by atoms with Crippen molar-refractivity contribution in [1.82, 2.24) is 4.57 Å². The number of rotatable bonds is 4. The summed E-state index contributed by atoms with van der Waals surface area (Å²) in [5, 5.41) is 10.5. The number of benzene rings is 3. The van der Waals surface area contributed by atoms with Crippen molar-refractivity contribution < 1.29 is 36.2 Å². The average molecular weight is 466 g/mol. The van der Waals surface area contributed by atoms with E-state index >= 15 is 0 Å². The summed E-state index contributed by atoms with van der Waals surface area (Å²) in [6, 6.07) is 10.8. The monoisotopic (exact) mass is 466 g/mol. The fraction of sp³-hybridized carbons (Fsp3) is 0.174. The van der Waals surface area contributed by atoms with Crippen molar-refractivity contribution in [2.75, 3.05) is 0 Å². The SMILES string of the molecule is NC(=O)c1cccc2c1c1ccc(CO)cc1n2Cc1cc(C(F)(F)F)cc(C(F)(F)F)c1. The molecule has 4 rings (SSSR count). The topological polar surface area (TPSA) is 68.2 Å². The normalized spacial score (nSPS) is 12.6. The number of halogens is 6. The minimum atomic E-state index is -4.97. The van der Waals surface area contributed by atoms with Crippen LogP contribution in [0.5, 0.6) is 0 Å². The number of nitrogens with two attached hydrogens (primary N) is 1. The van der Waals surface area contributed by atoms with Gasteiger partial charge in [0.05, 0.1) is 23.3 Å². The maximum Gasteiger partial charge on any atom is 0.416 e. The molecule has 3 N–H and O–H groups in total. The molecule has 0 radical (unpaired) electrons. The molecule has 4 nitrogen and oxygen atoms in total. The van der Waals surface area contributed by atoms with E-state index in [2.05, 4.69) is 0 Å². The molecule has 0 bridgehead atoms. The first-order valence-corrected chi connectivity index (χ1v) is 9.63. The number of primary amides is 1. The Morgan fingerprint density at radius 3 is 2.03 bits per heavy atom. The van der Waals surface area contributed by atoms with Crippen molar-refractivity contribution in [2.45, 2.75) is 25.5 Å². The second-order valence-corrected chi connectivity index (χ2v) is 7.57. The fourth-order valence-electron chi connectivity index (χ4n) is 3.96. The fourth-order valence-corrected chi connectivity index (χ4v) is 3.96. The van der Waals surface area contributed by atoms with Gasteiger partial charge in [-0.1, -0.05) is 18.2 Å². The van der Waals surface area contributed by atoms with E-state index in [-0.39, 0.29) is 30.3 Å². The number of nitrogens with zero attached hydrogens (tertiary/aromatic N) is 1. The van der Waals surface area contributed by atoms with Gasteiger partial charge < -0.3 is 15.4 Å². The Kier molecular flexibility index (Phi) is 5.36. The Morgan fingerprint density at radius 2 is 1.48 bits per heavy atom. The first-order chi connectivity index (χ1) is 15.4. The zero-order valence-corrected chi connectivity index (χ0v) is 16.8. The molecule has 0 fully saturated rings. The Balaban J connectivity index is 2.01. The minimum absolute atomic E-state index is 0.0738. The molecule has 0 saturated carbocycles. The van der Waals surface area contributed by atoms with Crippen LogP contribution in [0.25, 0.3) is 21.8 Å². The van der Waals surface area contributed by atoms with E-state index in [4.69, 9.17) is 5.73 Å². The Labute approximate surface area is 182 Å². The average Bonchev–Trinajstić information content (AvgIpc) is 3.05. The van der Waals surface area contributed by atoms with E-state index in [0.29, 0.717) is 39.5 Å². The van der Waals surface area contributed by atoms with Crippen LogP contribution in [-0.2, 0) is 25.5 Å². The third-order valence-corrected chi connectivity index (χ3v) is 5.39. The lowest BCUT2D eigenvalue weighted by Crippen LogP contribution is -2.13. The van der Waals surface area contributed by atoms with Gasteiger partial charge in [0.15, 0.2) is 0 Å². The van der Waals surface area contributed by atoms with E-state index in [1.165, 1.54) is 16.7 Å². The highest BCUT2D eigenvalue weighted by Gasteiger charge is 2.37. The van der Waals surface area contributed by atoms with Gasteiger partial charge in [0, 0.05) is 28.4 Å². The summed E-state index contributed by atoms with van der Waals surface area (Å²) >= 11 is 0. The molecule has 1 heterocycles. The third kappa shape index (κ3) is 4.13. The number of carbonyl (C=O) groups is 1. The highest BCUT2D eigenvalue weighted by Crippen LogP contribution is 2.38. The van der Waals surface area contributed by atoms with Crippen molar-refractivity contribution in [3.63, 3.8) is 0 Å². The molecule has 172 valence electrons. The second-order valence-electron chi connectivity index (χ2n) is 7.57. The molecule has 4 aromatic rings. The molecule has 33 heavy (non-hydrogen) atoms. The summed E-state index contributed by atoms with van der Waals surface area (Å²) in [4.78, 5) is 12.0. The van der Waals surface area contributed by atoms with Crippen LogP contribution in [-0.4, -0.2) is 15.6 Å². The van der Waals surface area contributed by atoms with Crippen molar-refractivity contribution >= 4 is 27.7 Å². The standard InChI is InChI=1S/C23H16F6N2O2/c24-22(25,26)14-6-13(7-15(9-14)23(27,28)29)10-31-18-3-1-2-17(21(30)33)20(18)16-5-4-12(11-32)8-19(16)31/h1-9,32H,10-11H2,(H2,30,33). The first-order valence-electron chi connectivity index (χ1n) is 9.63. The van der Waals surface area contributed by atoms with Gasteiger partial charge in [-0.3, -0.25) is 4.79 Å². The van der Waals surface area contributed by atoms with Crippen molar-refractivity contribution in [1.29, 1.82) is 0 Å². The predicted molar refractivity (Wildman–Crippen MR) is 109 cm³/mol. The summed E-state index contributed by atoms with van der Waals surface area (Å²) in [5.41, 5.74) is 3.90. The molecule has 10 heteroatoms. The van der Waals surface area contributed by atoms with Crippen LogP contribution in [0.3, 0.4) is 0 Å². The van der Waals surface area contributed by atoms with Crippen LogP contribution in [0.15, 0.2) is 54.6 Å². The van der Waals surface area contributed by atoms with Crippen LogP contribution in [0, 0.1) is 0 Å². The molecular weight excluding hydrogens is 450 g/mol. The zero-order chi connectivity index (χ0) is 24.1. The lowest BCUT2D eigenvalue weighted by Gasteiger charge is -2.15. The van der Waals surface area contributed by atoms with Crippen LogP contribution in [0.2, 0.25) is 0 Å². The van der Waals surface area contributed by atoms with Gasteiger partial charge in [-0.05, 0) is 47.5 Å². The number of alkyl halides is 6. The molecule has 0 unspecified atom stereocenters. The van der Waals surface area contributed by atoms with Crippen LogP contribution in [0.1, 0.15) is 32.6 Å². The summed E-state index contributed by atoms with van der Waals surface area (Å²) in [6.07, 6.45) is -9.94. The van der Waals surface area contributed by atoms with E-state index in [1.807, 2.05) is 0 Å². The maximum absolute atomic E-state index is 13.3. The molecule has 0 spiro atoms. The number of aliphatic hydroxyl groups excluding tert-OH is 1. The molecule has 0 atom stereocenters. The van der Waals surface area contributed by atoms with Gasteiger partial charge in [-0.25, -0.2) is 0 Å². The number of aliphatic hydroxyl groups is 1. The minimum Gasteiger partial charge on any atom is -0.392 e. The van der Waals surface area contributed by atoms with Gasteiger partial charge in [0.25, 0.3) is 0 Å². The lowest BCUT2D eigenvalue weighted by atomic mass is 10.0.